The average molecular weight is 373 g/mol. The molecule has 1 unspecified atom stereocenters. The first-order valence-corrected chi connectivity index (χ1v) is 9.24. The Morgan fingerprint density at radius 3 is 2.75 bits per heavy atom. The highest BCUT2D eigenvalue weighted by molar-refractivity contribution is 5.91. The normalized spacial score (nSPS) is 12.2. The Hall–Kier alpha value is -3.45. The summed E-state index contributed by atoms with van der Waals surface area (Å²) in [5.74, 6) is 1.56. The highest BCUT2D eigenvalue weighted by atomic mass is 15.2. The zero-order valence-corrected chi connectivity index (χ0v) is 15.7. The highest BCUT2D eigenvalue weighted by Crippen LogP contribution is 2.25. The molecule has 4 aromatic rings. The number of anilines is 2. The van der Waals surface area contributed by atoms with Gasteiger partial charge in [-0.1, -0.05) is 37.3 Å². The maximum atomic E-state index is 5.89. The Morgan fingerprint density at radius 2 is 1.96 bits per heavy atom. The van der Waals surface area contributed by atoms with Crippen molar-refractivity contribution < 1.29 is 0 Å². The van der Waals surface area contributed by atoms with Crippen LogP contribution in [0.25, 0.3) is 22.2 Å². The first kappa shape index (κ1) is 17.9. The van der Waals surface area contributed by atoms with E-state index in [9.17, 15) is 0 Å². The van der Waals surface area contributed by atoms with Gasteiger partial charge < -0.3 is 16.8 Å². The standard InChI is InChI=1S/C21H23N7/c1-13(15-4-2-3-14(9-15)11-22)12-24-20-8-7-18(25-27-20)16-5-6-19-17(10-16)21(23)28-26-19/h2-10,13H,11-12,22H2,1H3,(H,24,27)(H3,23,26,28). The van der Waals surface area contributed by atoms with E-state index in [1.807, 2.05) is 42.5 Å². The van der Waals surface area contributed by atoms with Gasteiger partial charge in [0.1, 0.15) is 5.82 Å². The summed E-state index contributed by atoms with van der Waals surface area (Å²) in [5, 5.41) is 19.8. The molecule has 6 N–H and O–H groups in total. The fourth-order valence-corrected chi connectivity index (χ4v) is 3.18. The fraction of sp³-hybridized carbons (Fsp3) is 0.190. The van der Waals surface area contributed by atoms with Gasteiger partial charge in [-0.3, -0.25) is 5.10 Å². The number of nitrogen functional groups attached to an aromatic ring is 1. The number of hydrogen-bond acceptors (Lipinski definition) is 6. The number of nitrogens with two attached hydrogens (primary N) is 2. The van der Waals surface area contributed by atoms with Gasteiger partial charge in [0, 0.05) is 24.0 Å². The van der Waals surface area contributed by atoms with Crippen LogP contribution >= 0.6 is 0 Å². The topological polar surface area (TPSA) is 119 Å². The van der Waals surface area contributed by atoms with E-state index < -0.39 is 0 Å². The van der Waals surface area contributed by atoms with Crippen molar-refractivity contribution in [2.75, 3.05) is 17.6 Å². The van der Waals surface area contributed by atoms with Crippen LogP contribution in [0.2, 0.25) is 0 Å². The van der Waals surface area contributed by atoms with Gasteiger partial charge in [-0.15, -0.1) is 10.2 Å². The molecule has 0 saturated heterocycles. The number of nitrogens with one attached hydrogen (secondary N) is 2. The molecule has 0 fully saturated rings. The molecule has 0 saturated carbocycles. The van der Waals surface area contributed by atoms with Crippen LogP contribution in [-0.2, 0) is 6.54 Å². The van der Waals surface area contributed by atoms with Crippen molar-refractivity contribution in [3.05, 3.63) is 65.7 Å². The van der Waals surface area contributed by atoms with Crippen LogP contribution in [-0.4, -0.2) is 26.9 Å². The van der Waals surface area contributed by atoms with Crippen LogP contribution in [0.1, 0.15) is 24.0 Å². The van der Waals surface area contributed by atoms with Gasteiger partial charge in [-0.25, -0.2) is 0 Å². The average Bonchev–Trinajstić information content (AvgIpc) is 3.12. The Morgan fingerprint density at radius 1 is 1.07 bits per heavy atom. The molecule has 2 aromatic heterocycles. The molecule has 1 atom stereocenters. The minimum Gasteiger partial charge on any atom is -0.382 e. The number of nitrogens with zero attached hydrogens (tertiary/aromatic N) is 3. The van der Waals surface area contributed by atoms with E-state index in [4.69, 9.17) is 11.5 Å². The van der Waals surface area contributed by atoms with Crippen molar-refractivity contribution in [2.24, 2.45) is 5.73 Å². The quantitative estimate of drug-likeness (QED) is 0.412. The van der Waals surface area contributed by atoms with Gasteiger partial charge in [0.25, 0.3) is 0 Å². The number of rotatable bonds is 6. The number of benzene rings is 2. The highest BCUT2D eigenvalue weighted by Gasteiger charge is 2.09. The summed E-state index contributed by atoms with van der Waals surface area (Å²) < 4.78 is 0. The van der Waals surface area contributed by atoms with Crippen molar-refractivity contribution in [3.8, 4) is 11.3 Å². The Labute approximate surface area is 163 Å². The van der Waals surface area contributed by atoms with Crippen molar-refractivity contribution in [1.82, 2.24) is 20.4 Å². The van der Waals surface area contributed by atoms with Crippen molar-refractivity contribution in [2.45, 2.75) is 19.4 Å². The number of H-pyrrole nitrogens is 1. The van der Waals surface area contributed by atoms with Gasteiger partial charge in [0.2, 0.25) is 0 Å². The number of aromatic nitrogens is 4. The third-order valence-corrected chi connectivity index (χ3v) is 4.90. The molecule has 0 radical (unpaired) electrons. The molecule has 0 bridgehead atoms. The largest absolute Gasteiger partial charge is 0.382 e. The first-order valence-electron chi connectivity index (χ1n) is 9.24. The molecule has 0 aliphatic heterocycles. The minimum atomic E-state index is 0.333. The van der Waals surface area contributed by atoms with Gasteiger partial charge >= 0.3 is 0 Å². The predicted molar refractivity (Wildman–Crippen MR) is 113 cm³/mol. The molecule has 7 nitrogen and oxygen atoms in total. The molecule has 0 spiro atoms. The lowest BCUT2D eigenvalue weighted by atomic mass is 9.99. The fourth-order valence-electron chi connectivity index (χ4n) is 3.18. The lowest BCUT2D eigenvalue weighted by Crippen LogP contribution is -2.11. The minimum absolute atomic E-state index is 0.333. The number of aromatic amines is 1. The monoisotopic (exact) mass is 373 g/mol. The summed E-state index contributed by atoms with van der Waals surface area (Å²) in [4.78, 5) is 0. The third kappa shape index (κ3) is 3.65. The zero-order valence-electron chi connectivity index (χ0n) is 15.7. The summed E-state index contributed by atoms with van der Waals surface area (Å²) >= 11 is 0. The lowest BCUT2D eigenvalue weighted by Gasteiger charge is -2.14. The van der Waals surface area contributed by atoms with E-state index in [1.54, 1.807) is 0 Å². The molecule has 4 rings (SSSR count). The maximum Gasteiger partial charge on any atom is 0.153 e. The van der Waals surface area contributed by atoms with E-state index in [-0.39, 0.29) is 0 Å². The second kappa shape index (κ2) is 7.66. The Balaban J connectivity index is 1.44. The molecule has 2 heterocycles. The summed E-state index contributed by atoms with van der Waals surface area (Å²) in [6, 6.07) is 18.1. The summed E-state index contributed by atoms with van der Waals surface area (Å²) in [6.45, 7) is 3.49. The lowest BCUT2D eigenvalue weighted by molar-refractivity contribution is 0.795. The molecule has 2 aromatic carbocycles. The van der Waals surface area contributed by atoms with E-state index in [2.05, 4.69) is 44.8 Å². The molecule has 28 heavy (non-hydrogen) atoms. The predicted octanol–water partition coefficient (Wildman–Crippen LogP) is 3.28. The molecular weight excluding hydrogens is 350 g/mol. The zero-order chi connectivity index (χ0) is 19.5. The number of fused-ring (bicyclic) bond motifs is 1. The van der Waals surface area contributed by atoms with Crippen LogP contribution in [0.5, 0.6) is 0 Å². The SMILES string of the molecule is CC(CNc1ccc(-c2ccc3[nH]nc(N)c3c2)nn1)c1cccc(CN)c1. The van der Waals surface area contributed by atoms with Gasteiger partial charge in [0.15, 0.2) is 5.82 Å². The van der Waals surface area contributed by atoms with Crippen molar-refractivity contribution in [1.29, 1.82) is 0 Å². The molecular formula is C21H23N7. The van der Waals surface area contributed by atoms with Crippen LogP contribution in [0.4, 0.5) is 11.6 Å². The van der Waals surface area contributed by atoms with E-state index in [0.717, 1.165) is 40.1 Å². The second-order valence-electron chi connectivity index (χ2n) is 6.90. The maximum absolute atomic E-state index is 5.89. The van der Waals surface area contributed by atoms with Crippen LogP contribution in [0.3, 0.4) is 0 Å². The third-order valence-electron chi connectivity index (χ3n) is 4.90. The summed E-state index contributed by atoms with van der Waals surface area (Å²) in [5.41, 5.74) is 16.7. The van der Waals surface area contributed by atoms with Crippen molar-refractivity contribution in [3.63, 3.8) is 0 Å². The van der Waals surface area contributed by atoms with E-state index in [0.29, 0.717) is 18.3 Å². The molecule has 0 aliphatic carbocycles. The smallest absolute Gasteiger partial charge is 0.153 e. The molecule has 7 heteroatoms. The van der Waals surface area contributed by atoms with Crippen LogP contribution in [0.15, 0.2) is 54.6 Å². The molecule has 142 valence electrons. The Kier molecular flexibility index (Phi) is 4.90. The Bertz CT molecular complexity index is 1090. The van der Waals surface area contributed by atoms with E-state index in [1.165, 1.54) is 5.56 Å². The van der Waals surface area contributed by atoms with Crippen LogP contribution < -0.4 is 16.8 Å². The number of hydrogen-bond donors (Lipinski definition) is 4. The van der Waals surface area contributed by atoms with Gasteiger partial charge in [-0.05, 0) is 41.3 Å². The summed E-state index contributed by atoms with van der Waals surface area (Å²) in [6.07, 6.45) is 0. The van der Waals surface area contributed by atoms with Gasteiger partial charge in [-0.2, -0.15) is 5.10 Å². The molecule has 0 amide bonds. The molecule has 0 aliphatic rings. The van der Waals surface area contributed by atoms with E-state index >= 15 is 0 Å². The van der Waals surface area contributed by atoms with Gasteiger partial charge in [0.05, 0.1) is 11.2 Å². The van der Waals surface area contributed by atoms with Crippen molar-refractivity contribution >= 4 is 22.5 Å². The van der Waals surface area contributed by atoms with Crippen LogP contribution in [0, 0.1) is 0 Å². The first-order chi connectivity index (χ1) is 13.6. The second-order valence-corrected chi connectivity index (χ2v) is 6.90. The summed E-state index contributed by atoms with van der Waals surface area (Å²) in [7, 11) is 0.